The maximum absolute atomic E-state index is 4.87. The van der Waals surface area contributed by atoms with Gasteiger partial charge in [-0.05, 0) is 0 Å². The van der Waals surface area contributed by atoms with Gasteiger partial charge in [0.2, 0.25) is 0 Å². The average molecular weight is 179 g/mol. The van der Waals surface area contributed by atoms with Crippen molar-refractivity contribution in [1.29, 1.82) is 0 Å². The quantitative estimate of drug-likeness (QED) is 0.484. The zero-order valence-electron chi connectivity index (χ0n) is 1.47. The predicted octanol–water partition coefficient (Wildman–Crippen LogP) is 0.882. The summed E-state index contributed by atoms with van der Waals surface area (Å²) in [5, 5.41) is 0. The Morgan fingerprint density at radius 3 is 1.00 bits per heavy atom. The van der Waals surface area contributed by atoms with Gasteiger partial charge in [-0.3, -0.25) is 0 Å². The van der Waals surface area contributed by atoms with E-state index in [9.17, 15) is 0 Å². The molecule has 0 nitrogen and oxygen atoms in total. The van der Waals surface area contributed by atoms with Crippen LogP contribution in [0.25, 0.3) is 0 Å². The zero-order valence-corrected chi connectivity index (χ0v) is 4.78. The Hall–Kier alpha value is 1.44. The summed E-state index contributed by atoms with van der Waals surface area (Å²) in [5.74, 6) is 0. The van der Waals surface area contributed by atoms with E-state index in [2.05, 4.69) is 0 Å². The van der Waals surface area contributed by atoms with Crippen LogP contribution in [0.5, 0.6) is 0 Å². The third kappa shape index (κ3) is 31.0. The van der Waals surface area contributed by atoms with E-state index in [0.29, 0.717) is 0 Å². The summed E-state index contributed by atoms with van der Waals surface area (Å²) < 4.78 is 0. The molecule has 0 rings (SSSR count). The summed E-state index contributed by atoms with van der Waals surface area (Å²) in [5.41, 5.74) is 0. The van der Waals surface area contributed by atoms with E-state index in [1.165, 1.54) is 0 Å². The van der Waals surface area contributed by atoms with Gasteiger partial charge in [0.1, 0.15) is 0 Å². The number of rotatable bonds is 0. The molecule has 36 valence electrons. The van der Waals surface area contributed by atoms with Crippen LogP contribution >= 0.6 is 30.4 Å². The van der Waals surface area contributed by atoms with Crippen LogP contribution in [0.3, 0.4) is 0 Å². The molecule has 0 radical (unpaired) electrons. The van der Waals surface area contributed by atoms with Gasteiger partial charge in [-0.15, -0.1) is 0 Å². The Labute approximate surface area is 49.9 Å². The van der Waals surface area contributed by atoms with Gasteiger partial charge in [-0.2, -0.15) is 0 Å². The van der Waals surface area contributed by atoms with Crippen LogP contribution in [0.15, 0.2) is 0 Å². The maximum atomic E-state index is 4.87. The van der Waals surface area contributed by atoms with E-state index in [4.69, 9.17) is 30.4 Å². The third-order valence-electron chi connectivity index (χ3n) is 0. The van der Waals surface area contributed by atoms with E-state index in [1.807, 2.05) is 0 Å². The fourth-order valence-corrected chi connectivity index (χ4v) is 0. The fourth-order valence-electron chi connectivity index (χ4n) is 0. The van der Waals surface area contributed by atoms with E-state index in [1.54, 1.807) is 0 Å². The second-order valence-electron chi connectivity index (χ2n) is 0.143. The molecule has 0 aromatic carbocycles. The summed E-state index contributed by atoms with van der Waals surface area (Å²) in [7, 11) is 13.4. The first kappa shape index (κ1) is 9.67. The van der Waals surface area contributed by atoms with Crippen molar-refractivity contribution in [1.82, 2.24) is 0 Å². The molecular formula is H3BCl3Co. The molecule has 0 amide bonds. The second kappa shape index (κ2) is 5.44. The first-order valence-corrected chi connectivity index (χ1v) is 4.68. The Bertz CT molecular complexity index is 11.6. The van der Waals surface area contributed by atoms with E-state index in [0.717, 1.165) is 0 Å². The summed E-state index contributed by atoms with van der Waals surface area (Å²) in [6.07, 6.45) is 0. The standard InChI is InChI=1S/BH3.3ClH.Co/h1H3;3*1H;/q;;;;+3/p-3. The molecule has 0 saturated carbocycles. The van der Waals surface area contributed by atoms with Crippen LogP contribution in [-0.2, 0) is 10.9 Å². The molecule has 0 aliphatic carbocycles. The monoisotopic (exact) mass is 178 g/mol. The van der Waals surface area contributed by atoms with Crippen LogP contribution < -0.4 is 0 Å². The van der Waals surface area contributed by atoms with Gasteiger partial charge >= 0.3 is 41.4 Å². The Morgan fingerprint density at radius 2 is 1.00 bits per heavy atom. The fraction of sp³-hybridized carbons (Fsp3) is 0. The van der Waals surface area contributed by atoms with Crippen LogP contribution in [0.4, 0.5) is 0 Å². The van der Waals surface area contributed by atoms with Crippen molar-refractivity contribution in [3.05, 3.63) is 0 Å². The molecule has 0 heterocycles. The van der Waals surface area contributed by atoms with Crippen molar-refractivity contribution in [2.45, 2.75) is 0 Å². The second-order valence-corrected chi connectivity index (χ2v) is 5.30. The Kier molecular flexibility index (Phi) is 10.5. The van der Waals surface area contributed by atoms with Gasteiger partial charge in [0, 0.05) is 0 Å². The van der Waals surface area contributed by atoms with E-state index < -0.39 is 10.9 Å². The van der Waals surface area contributed by atoms with Crippen molar-refractivity contribution in [3.8, 4) is 0 Å². The molecule has 0 aliphatic rings. The van der Waals surface area contributed by atoms with Gasteiger partial charge < -0.3 is 0 Å². The third-order valence-corrected chi connectivity index (χ3v) is 0. The molecule has 5 heteroatoms. The summed E-state index contributed by atoms with van der Waals surface area (Å²) >= 11 is 0. The van der Waals surface area contributed by atoms with Gasteiger partial charge in [0.05, 0.1) is 8.41 Å². The molecule has 0 aromatic rings. The molecule has 0 spiro atoms. The van der Waals surface area contributed by atoms with Crippen LogP contribution in [0.1, 0.15) is 0 Å². The van der Waals surface area contributed by atoms with Gasteiger partial charge in [-0.1, -0.05) is 0 Å². The molecule has 0 saturated heterocycles. The van der Waals surface area contributed by atoms with Crippen molar-refractivity contribution in [3.63, 3.8) is 0 Å². The summed E-state index contributed by atoms with van der Waals surface area (Å²) in [4.78, 5) is 0. The van der Waals surface area contributed by atoms with E-state index >= 15 is 0 Å². The zero-order chi connectivity index (χ0) is 3.58. The SMILES string of the molecule is B.[Cl][Co]([Cl])[Cl]. The molecule has 5 heavy (non-hydrogen) atoms. The first-order chi connectivity index (χ1) is 1.73. The average Bonchev–Trinajstić information content (AvgIpc) is 0.811. The van der Waals surface area contributed by atoms with Crippen molar-refractivity contribution >= 4 is 38.9 Å². The molecule has 0 fully saturated rings. The molecule has 0 N–H and O–H groups in total. The Morgan fingerprint density at radius 1 is 1.00 bits per heavy atom. The van der Waals surface area contributed by atoms with E-state index in [-0.39, 0.29) is 8.41 Å². The molecular weight excluding hydrogens is 176 g/mol. The number of halogens is 3. The minimum atomic E-state index is -1.19. The van der Waals surface area contributed by atoms with Crippen molar-refractivity contribution in [2.75, 3.05) is 0 Å². The van der Waals surface area contributed by atoms with Gasteiger partial charge in [0.25, 0.3) is 0 Å². The molecule has 0 unspecified atom stereocenters. The summed E-state index contributed by atoms with van der Waals surface area (Å²) in [6, 6.07) is 0. The number of hydrogen-bond acceptors (Lipinski definition) is 0. The van der Waals surface area contributed by atoms with Crippen LogP contribution in [0.2, 0.25) is 0 Å². The topological polar surface area (TPSA) is 0 Å². The first-order valence-electron chi connectivity index (χ1n) is 0.378. The Balaban J connectivity index is 0. The van der Waals surface area contributed by atoms with Gasteiger partial charge in [0.15, 0.2) is 0 Å². The minimum absolute atomic E-state index is 0. The summed E-state index contributed by atoms with van der Waals surface area (Å²) in [6.45, 7) is 0. The molecule has 0 aliphatic heterocycles. The molecule has 0 aromatic heterocycles. The van der Waals surface area contributed by atoms with Crippen LogP contribution in [-0.4, -0.2) is 8.41 Å². The normalized spacial score (nSPS) is 9.00. The van der Waals surface area contributed by atoms with Crippen LogP contribution in [0, 0.1) is 0 Å². The predicted molar refractivity (Wildman–Crippen MR) is 27.5 cm³/mol. The molecule has 0 bridgehead atoms. The van der Waals surface area contributed by atoms with Crippen molar-refractivity contribution < 1.29 is 10.9 Å². The van der Waals surface area contributed by atoms with Crippen molar-refractivity contribution in [2.24, 2.45) is 0 Å². The molecule has 0 atom stereocenters. The van der Waals surface area contributed by atoms with Gasteiger partial charge in [-0.25, -0.2) is 0 Å². The number of hydrogen-bond donors (Lipinski definition) is 0.